The molecule has 2 unspecified atom stereocenters. The number of hydrogen-bond acceptors (Lipinski definition) is 6. The molecule has 0 spiro atoms. The third kappa shape index (κ3) is 3.53. The fraction of sp³-hybridized carbons (Fsp3) is 0.294. The van der Waals surface area contributed by atoms with Gasteiger partial charge in [0.15, 0.2) is 0 Å². The molecule has 0 bridgehead atoms. The average molecular weight is 405 g/mol. The summed E-state index contributed by atoms with van der Waals surface area (Å²) in [5.41, 5.74) is 12.5. The Morgan fingerprint density at radius 3 is 2.50 bits per heavy atom. The third-order valence-corrected chi connectivity index (χ3v) is 5.90. The lowest BCUT2D eigenvalue weighted by molar-refractivity contribution is -0.150. The first kappa shape index (κ1) is 19.7. The molecule has 2 aliphatic rings. The third-order valence-electron chi connectivity index (χ3n) is 4.48. The molecule has 1 aromatic rings. The Labute approximate surface area is 164 Å². The summed E-state index contributed by atoms with van der Waals surface area (Å²) in [7, 11) is 0. The van der Waals surface area contributed by atoms with E-state index >= 15 is 0 Å². The molecule has 3 atom stereocenters. The van der Waals surface area contributed by atoms with Crippen molar-refractivity contribution in [1.82, 2.24) is 10.2 Å². The van der Waals surface area contributed by atoms with E-state index in [2.05, 4.69) is 10.6 Å². The Bertz CT molecular complexity index is 884. The van der Waals surface area contributed by atoms with Crippen LogP contribution in [-0.2, 0) is 14.4 Å². The number of nitrogens with one attached hydrogen (secondary N) is 2. The second-order valence-corrected chi connectivity index (χ2v) is 7.52. The number of aliphatic carboxylic acids is 1. The molecule has 11 heteroatoms. The van der Waals surface area contributed by atoms with E-state index in [1.807, 2.05) is 0 Å². The van der Waals surface area contributed by atoms with Crippen molar-refractivity contribution in [1.29, 1.82) is 0 Å². The molecule has 2 heterocycles. The highest BCUT2D eigenvalue weighted by Crippen LogP contribution is 2.40. The number of urea groups is 1. The van der Waals surface area contributed by atoms with Gasteiger partial charge < -0.3 is 27.2 Å². The molecule has 148 valence electrons. The Morgan fingerprint density at radius 1 is 1.29 bits per heavy atom. The van der Waals surface area contributed by atoms with Crippen molar-refractivity contribution in [3.8, 4) is 0 Å². The molecule has 1 aromatic carbocycles. The van der Waals surface area contributed by atoms with Gasteiger partial charge in [-0.25, -0.2) is 9.59 Å². The summed E-state index contributed by atoms with van der Waals surface area (Å²) in [6.45, 7) is 1.67. The minimum absolute atomic E-state index is 0.0268. The summed E-state index contributed by atoms with van der Waals surface area (Å²) in [4.78, 5) is 48.3. The van der Waals surface area contributed by atoms with E-state index in [0.29, 0.717) is 22.6 Å². The lowest BCUT2D eigenvalue weighted by Gasteiger charge is -2.49. The van der Waals surface area contributed by atoms with E-state index in [-0.39, 0.29) is 5.70 Å². The smallest absolute Gasteiger partial charge is 0.352 e. The summed E-state index contributed by atoms with van der Waals surface area (Å²) < 4.78 is 0. The van der Waals surface area contributed by atoms with Gasteiger partial charge in [-0.15, -0.1) is 11.8 Å². The number of carbonyl (C=O) groups is 4. The lowest BCUT2D eigenvalue weighted by Crippen LogP contribution is -2.71. The zero-order valence-electron chi connectivity index (χ0n) is 14.8. The van der Waals surface area contributed by atoms with Crippen molar-refractivity contribution in [2.24, 2.45) is 11.5 Å². The van der Waals surface area contributed by atoms with Crippen molar-refractivity contribution in [2.45, 2.75) is 24.4 Å². The molecule has 1 fully saturated rings. The van der Waals surface area contributed by atoms with E-state index in [1.54, 1.807) is 31.2 Å². The van der Waals surface area contributed by atoms with Crippen LogP contribution in [0.4, 0.5) is 10.5 Å². The van der Waals surface area contributed by atoms with Gasteiger partial charge in [0.2, 0.25) is 5.91 Å². The van der Waals surface area contributed by atoms with Crippen LogP contribution >= 0.6 is 11.8 Å². The Hall–Kier alpha value is -3.05. The molecular formula is C17H19N5O5S. The van der Waals surface area contributed by atoms with Crippen molar-refractivity contribution < 1.29 is 24.3 Å². The predicted molar refractivity (Wildman–Crippen MR) is 102 cm³/mol. The number of β-lactam (4-membered cyclic amide) rings is 1. The van der Waals surface area contributed by atoms with Crippen LogP contribution in [0.2, 0.25) is 0 Å². The lowest BCUT2D eigenvalue weighted by atomic mass is 10.0. The average Bonchev–Trinajstić information content (AvgIpc) is 2.65. The van der Waals surface area contributed by atoms with Crippen LogP contribution in [-0.4, -0.2) is 51.0 Å². The minimum Gasteiger partial charge on any atom is -0.477 e. The number of benzene rings is 1. The number of carbonyl (C=O) groups excluding carboxylic acids is 3. The molecule has 0 radical (unpaired) electrons. The summed E-state index contributed by atoms with van der Waals surface area (Å²) in [5, 5.41) is 13.9. The maximum Gasteiger partial charge on any atom is 0.352 e. The van der Waals surface area contributed by atoms with Gasteiger partial charge in [-0.3, -0.25) is 14.5 Å². The summed E-state index contributed by atoms with van der Waals surface area (Å²) in [6.07, 6.45) is 0. The summed E-state index contributed by atoms with van der Waals surface area (Å²) in [5.74, 6) is -1.74. The maximum absolute atomic E-state index is 12.5. The maximum atomic E-state index is 12.5. The number of thioether (sulfide) groups is 1. The van der Waals surface area contributed by atoms with Gasteiger partial charge in [-0.1, -0.05) is 12.1 Å². The summed E-state index contributed by atoms with van der Waals surface area (Å²) >= 11 is 1.39. The number of carboxylic acid groups (broad SMARTS) is 1. The largest absolute Gasteiger partial charge is 0.477 e. The first-order valence-corrected chi connectivity index (χ1v) is 9.35. The van der Waals surface area contributed by atoms with Gasteiger partial charge in [-0.2, -0.15) is 0 Å². The highest BCUT2D eigenvalue weighted by molar-refractivity contribution is 8.00. The second-order valence-electron chi connectivity index (χ2n) is 6.42. The quantitative estimate of drug-likeness (QED) is 0.427. The molecule has 7 N–H and O–H groups in total. The SMILES string of the molecule is CC1=C(C(=O)O)N2C(=O)C(NC(=O)C(N)c3ccc(NC(N)=O)cc3)[C@@H]2SC1. The van der Waals surface area contributed by atoms with Crippen LogP contribution in [0.25, 0.3) is 0 Å². The molecule has 3 rings (SSSR count). The van der Waals surface area contributed by atoms with Gasteiger partial charge in [0, 0.05) is 11.4 Å². The van der Waals surface area contributed by atoms with Gasteiger partial charge >= 0.3 is 12.0 Å². The number of nitrogens with two attached hydrogens (primary N) is 2. The summed E-state index contributed by atoms with van der Waals surface area (Å²) in [6, 6.07) is 3.65. The van der Waals surface area contributed by atoms with Crippen LogP contribution in [0, 0.1) is 0 Å². The number of rotatable bonds is 5. The topological polar surface area (TPSA) is 168 Å². The van der Waals surface area contributed by atoms with E-state index in [1.165, 1.54) is 16.7 Å². The van der Waals surface area contributed by atoms with E-state index in [9.17, 15) is 24.3 Å². The first-order chi connectivity index (χ1) is 13.2. The minimum atomic E-state index is -1.16. The number of amides is 4. The molecular weight excluding hydrogens is 386 g/mol. The van der Waals surface area contributed by atoms with Crippen LogP contribution in [0.1, 0.15) is 18.5 Å². The highest BCUT2D eigenvalue weighted by atomic mass is 32.2. The van der Waals surface area contributed by atoms with Crippen molar-refractivity contribution >= 4 is 41.3 Å². The number of fused-ring (bicyclic) bond motifs is 1. The van der Waals surface area contributed by atoms with Gasteiger partial charge in [-0.05, 0) is 30.2 Å². The van der Waals surface area contributed by atoms with Gasteiger partial charge in [0.25, 0.3) is 5.91 Å². The Morgan fingerprint density at radius 2 is 1.93 bits per heavy atom. The monoisotopic (exact) mass is 405 g/mol. The van der Waals surface area contributed by atoms with Crippen molar-refractivity contribution in [3.63, 3.8) is 0 Å². The molecule has 10 nitrogen and oxygen atoms in total. The van der Waals surface area contributed by atoms with E-state index < -0.39 is 41.3 Å². The number of carboxylic acids is 1. The molecule has 0 aromatic heterocycles. The van der Waals surface area contributed by atoms with Crippen LogP contribution < -0.4 is 22.1 Å². The van der Waals surface area contributed by atoms with E-state index in [4.69, 9.17) is 11.5 Å². The van der Waals surface area contributed by atoms with Crippen LogP contribution in [0.5, 0.6) is 0 Å². The standard InChI is InChI=1S/C17H19N5O5S/c1-7-6-28-15-11(14(24)22(15)12(7)16(25)26)21-13(23)10(18)8-2-4-9(5-3-8)20-17(19)27/h2-5,10-11,15H,6,18H2,1H3,(H,21,23)(H,25,26)(H3,19,20,27)/t10?,11?,15-/m0/s1. The van der Waals surface area contributed by atoms with E-state index in [0.717, 1.165) is 0 Å². The normalized spacial score (nSPS) is 22.1. The van der Waals surface area contributed by atoms with Crippen molar-refractivity contribution in [2.75, 3.05) is 11.1 Å². The predicted octanol–water partition coefficient (Wildman–Crippen LogP) is -0.0645. The number of primary amides is 1. The zero-order chi connectivity index (χ0) is 20.6. The molecule has 0 saturated carbocycles. The van der Waals surface area contributed by atoms with Crippen molar-refractivity contribution in [3.05, 3.63) is 41.1 Å². The van der Waals surface area contributed by atoms with Gasteiger partial charge in [0.1, 0.15) is 23.2 Å². The molecule has 1 saturated heterocycles. The molecule has 28 heavy (non-hydrogen) atoms. The van der Waals surface area contributed by atoms with Gasteiger partial charge in [0.05, 0.1) is 0 Å². The number of anilines is 1. The fourth-order valence-corrected chi connectivity index (χ4v) is 4.38. The highest BCUT2D eigenvalue weighted by Gasteiger charge is 2.53. The second kappa shape index (κ2) is 7.52. The van der Waals surface area contributed by atoms with Crippen LogP contribution in [0.15, 0.2) is 35.5 Å². The first-order valence-electron chi connectivity index (χ1n) is 8.30. The molecule has 0 aliphatic carbocycles. The zero-order valence-corrected chi connectivity index (χ0v) is 15.7. The number of hydrogen-bond donors (Lipinski definition) is 5. The number of nitrogens with zero attached hydrogens (tertiary/aromatic N) is 1. The van der Waals surface area contributed by atoms with Crippen LogP contribution in [0.3, 0.4) is 0 Å². The molecule has 4 amide bonds. The Balaban J connectivity index is 1.66. The fourth-order valence-electron chi connectivity index (χ4n) is 3.09. The Kier molecular flexibility index (Phi) is 5.29. The molecule has 2 aliphatic heterocycles.